The quantitative estimate of drug-likeness (QED) is 0.168. The Morgan fingerprint density at radius 1 is 1.15 bits per heavy atom. The van der Waals surface area contributed by atoms with Crippen LogP contribution >= 0.6 is 23.2 Å². The van der Waals surface area contributed by atoms with E-state index in [1.165, 1.54) is 25.0 Å². The number of ether oxygens (including phenoxy) is 3. The van der Waals surface area contributed by atoms with E-state index in [9.17, 15) is 9.59 Å². The molecule has 206 valence electrons. The molecule has 39 heavy (non-hydrogen) atoms. The highest BCUT2D eigenvalue weighted by Gasteiger charge is 2.23. The van der Waals surface area contributed by atoms with Gasteiger partial charge in [0.2, 0.25) is 5.91 Å². The van der Waals surface area contributed by atoms with Crippen molar-refractivity contribution in [1.29, 1.82) is 5.41 Å². The van der Waals surface area contributed by atoms with Gasteiger partial charge in [-0.25, -0.2) is 0 Å². The highest BCUT2D eigenvalue weighted by molar-refractivity contribution is 6.41. The zero-order valence-electron chi connectivity index (χ0n) is 22.0. The van der Waals surface area contributed by atoms with Gasteiger partial charge < -0.3 is 34.8 Å². The molecule has 3 N–H and O–H groups in total. The lowest BCUT2D eigenvalue weighted by Crippen LogP contribution is -2.28. The number of benzene rings is 1. The molecule has 0 aliphatic carbocycles. The van der Waals surface area contributed by atoms with Crippen LogP contribution in [0.2, 0.25) is 10.0 Å². The molecule has 0 spiro atoms. The van der Waals surface area contributed by atoms with Crippen LogP contribution in [0.1, 0.15) is 12.6 Å². The van der Waals surface area contributed by atoms with Crippen LogP contribution in [-0.4, -0.2) is 56.2 Å². The summed E-state index contributed by atoms with van der Waals surface area (Å²) in [4.78, 5) is 30.3. The Balaban J connectivity index is 2.31. The molecule has 10 nitrogen and oxygen atoms in total. The second-order valence-corrected chi connectivity index (χ2v) is 8.82. The lowest BCUT2D eigenvalue weighted by molar-refractivity contribution is -0.115. The molecular weight excluding hydrogens is 545 g/mol. The summed E-state index contributed by atoms with van der Waals surface area (Å²) in [5, 5.41) is 14.9. The van der Waals surface area contributed by atoms with Crippen molar-refractivity contribution in [2.75, 3.05) is 34.5 Å². The number of rotatable bonds is 12. The first-order chi connectivity index (χ1) is 18.8. The topological polar surface area (TPSA) is 128 Å². The Hall–Kier alpha value is -3.86. The van der Waals surface area contributed by atoms with Crippen molar-refractivity contribution in [3.8, 4) is 22.8 Å². The summed E-state index contributed by atoms with van der Waals surface area (Å²) in [5.41, 5.74) is 1.37. The largest absolute Gasteiger partial charge is 0.495 e. The average Bonchev–Trinajstić information content (AvgIpc) is 2.94. The maximum absolute atomic E-state index is 13.8. The molecule has 0 aliphatic rings. The highest BCUT2D eigenvalue weighted by atomic mass is 35.5. The van der Waals surface area contributed by atoms with Gasteiger partial charge in [0.15, 0.2) is 0 Å². The number of aromatic nitrogens is 2. The molecule has 0 fully saturated rings. The van der Waals surface area contributed by atoms with Crippen LogP contribution in [-0.2, 0) is 16.1 Å². The first-order valence-electron chi connectivity index (χ1n) is 11.8. The van der Waals surface area contributed by atoms with Crippen molar-refractivity contribution >= 4 is 51.8 Å². The fourth-order valence-electron chi connectivity index (χ4n) is 3.97. The molecule has 3 aromatic rings. The van der Waals surface area contributed by atoms with Gasteiger partial charge in [-0.05, 0) is 25.1 Å². The number of halogens is 2. The number of pyridine rings is 2. The van der Waals surface area contributed by atoms with Gasteiger partial charge >= 0.3 is 0 Å². The summed E-state index contributed by atoms with van der Waals surface area (Å²) < 4.78 is 17.5. The van der Waals surface area contributed by atoms with Gasteiger partial charge in [-0.15, -0.1) is 0 Å². The maximum atomic E-state index is 13.8. The first kappa shape index (κ1) is 29.7. The fraction of sp³-hybridized carbons (Fsp3) is 0.259. The van der Waals surface area contributed by atoms with Gasteiger partial charge in [0, 0.05) is 49.6 Å². The Bertz CT molecular complexity index is 1490. The average molecular weight is 574 g/mol. The molecule has 0 bridgehead atoms. The van der Waals surface area contributed by atoms with Gasteiger partial charge in [-0.2, -0.15) is 0 Å². The number of hydrogen-bond donors (Lipinski definition) is 3. The molecule has 12 heteroatoms. The van der Waals surface area contributed by atoms with E-state index in [1.807, 2.05) is 6.92 Å². The van der Waals surface area contributed by atoms with E-state index in [-0.39, 0.29) is 21.3 Å². The van der Waals surface area contributed by atoms with E-state index in [0.29, 0.717) is 64.6 Å². The molecule has 0 aliphatic heterocycles. The predicted molar refractivity (Wildman–Crippen MR) is 154 cm³/mol. The normalized spacial score (nSPS) is 11.5. The number of methoxy groups -OCH3 is 3. The van der Waals surface area contributed by atoms with E-state index in [0.717, 1.165) is 12.3 Å². The first-order valence-corrected chi connectivity index (χ1v) is 12.6. The molecule has 0 atom stereocenters. The Morgan fingerprint density at radius 2 is 1.82 bits per heavy atom. The van der Waals surface area contributed by atoms with Crippen molar-refractivity contribution in [2.24, 2.45) is 0 Å². The van der Waals surface area contributed by atoms with Crippen molar-refractivity contribution in [3.63, 3.8) is 0 Å². The van der Waals surface area contributed by atoms with Crippen molar-refractivity contribution in [1.82, 2.24) is 20.2 Å². The Kier molecular flexibility index (Phi) is 10.1. The third-order valence-electron chi connectivity index (χ3n) is 5.86. The van der Waals surface area contributed by atoms with Gasteiger partial charge in [0.1, 0.15) is 11.5 Å². The van der Waals surface area contributed by atoms with Gasteiger partial charge in [-0.3, -0.25) is 14.6 Å². The van der Waals surface area contributed by atoms with Crippen molar-refractivity contribution in [2.45, 2.75) is 13.5 Å². The zero-order valence-corrected chi connectivity index (χ0v) is 23.5. The molecule has 2 heterocycles. The molecule has 0 radical (unpaired) electrons. The van der Waals surface area contributed by atoms with Crippen LogP contribution in [0.15, 0.2) is 47.5 Å². The number of carbonyl (C=O) groups excluding carboxylic acids is 1. The number of allylic oxidation sites excluding steroid dienone is 1. The van der Waals surface area contributed by atoms with E-state index in [4.69, 9.17) is 42.8 Å². The predicted octanol–water partition coefficient (Wildman–Crippen LogP) is 4.26. The second-order valence-electron chi connectivity index (χ2n) is 8.07. The summed E-state index contributed by atoms with van der Waals surface area (Å²) in [6.07, 6.45) is 3.61. The SMILES string of the molecule is C=CC(=O)N/C(C=N)=C(/NCCOC)c1cc2c(=O)n(CC)c(-c3c(Cl)c(OC)cc(OC)c3Cl)cc2cn1. The number of hydrogen-bond acceptors (Lipinski definition) is 8. The van der Waals surface area contributed by atoms with Gasteiger partial charge in [0.05, 0.1) is 59.0 Å². The third-order valence-corrected chi connectivity index (χ3v) is 6.61. The molecule has 1 aromatic carbocycles. The molecule has 3 rings (SSSR count). The smallest absolute Gasteiger partial charge is 0.259 e. The third kappa shape index (κ3) is 6.08. The fourth-order valence-corrected chi connectivity index (χ4v) is 4.67. The van der Waals surface area contributed by atoms with Crippen molar-refractivity contribution in [3.05, 3.63) is 68.8 Å². The highest BCUT2D eigenvalue weighted by Crippen LogP contribution is 2.46. The summed E-state index contributed by atoms with van der Waals surface area (Å²) in [6, 6.07) is 4.94. The lowest BCUT2D eigenvalue weighted by atomic mass is 10.0. The zero-order chi connectivity index (χ0) is 28.7. The minimum absolute atomic E-state index is 0.150. The number of amides is 1. The lowest BCUT2D eigenvalue weighted by Gasteiger charge is -2.19. The summed E-state index contributed by atoms with van der Waals surface area (Å²) in [5.74, 6) is 0.185. The van der Waals surface area contributed by atoms with E-state index >= 15 is 0 Å². The summed E-state index contributed by atoms with van der Waals surface area (Å²) in [7, 11) is 4.50. The summed E-state index contributed by atoms with van der Waals surface area (Å²) >= 11 is 13.3. The van der Waals surface area contributed by atoms with Crippen LogP contribution in [0.3, 0.4) is 0 Å². The molecule has 0 saturated carbocycles. The van der Waals surface area contributed by atoms with E-state index < -0.39 is 5.91 Å². The summed E-state index contributed by atoms with van der Waals surface area (Å²) in [6.45, 7) is 6.30. The van der Waals surface area contributed by atoms with Crippen LogP contribution in [0.5, 0.6) is 11.5 Å². The molecular formula is C27H29Cl2N5O5. The van der Waals surface area contributed by atoms with Crippen LogP contribution in [0.25, 0.3) is 27.7 Å². The minimum Gasteiger partial charge on any atom is -0.495 e. The Morgan fingerprint density at radius 3 is 2.36 bits per heavy atom. The standard InChI is InChI=1S/C27H29Cl2N5O5/c1-6-22(35)33-18(13-30)26(31-8-9-37-3)17-11-16-15(14-32-17)10-19(34(7-2)27(16)36)23-24(28)20(38-4)12-21(39-5)25(23)29/h6,10-14,30-31H,1,7-9H2,2-5H3,(H,33,35)/b26-18+,30-13?. The monoisotopic (exact) mass is 573 g/mol. The van der Waals surface area contributed by atoms with Crippen LogP contribution in [0.4, 0.5) is 0 Å². The van der Waals surface area contributed by atoms with Crippen LogP contribution < -0.4 is 25.7 Å². The number of carbonyl (C=O) groups is 1. The van der Waals surface area contributed by atoms with Gasteiger partial charge in [-0.1, -0.05) is 29.8 Å². The second kappa shape index (κ2) is 13.3. The van der Waals surface area contributed by atoms with Crippen molar-refractivity contribution < 1.29 is 19.0 Å². The molecule has 1 amide bonds. The molecule has 2 aromatic heterocycles. The number of nitrogens with zero attached hydrogens (tertiary/aromatic N) is 2. The Labute approximate surface area is 235 Å². The molecule has 0 saturated heterocycles. The van der Waals surface area contributed by atoms with E-state index in [2.05, 4.69) is 22.2 Å². The molecule has 0 unspecified atom stereocenters. The van der Waals surface area contributed by atoms with E-state index in [1.54, 1.807) is 25.3 Å². The maximum Gasteiger partial charge on any atom is 0.259 e. The minimum atomic E-state index is -0.499. The van der Waals surface area contributed by atoms with Crippen LogP contribution in [0, 0.1) is 5.41 Å². The van der Waals surface area contributed by atoms with Gasteiger partial charge in [0.25, 0.3) is 5.56 Å². The number of fused-ring (bicyclic) bond motifs is 1. The number of nitrogens with one attached hydrogen (secondary N) is 3.